The first kappa shape index (κ1) is 13.3. The molecule has 0 heterocycles. The van der Waals surface area contributed by atoms with Gasteiger partial charge in [-0.1, -0.05) is 17.7 Å². The van der Waals surface area contributed by atoms with Crippen LogP contribution in [0.3, 0.4) is 0 Å². The summed E-state index contributed by atoms with van der Waals surface area (Å²) in [6.07, 6.45) is -0.238. The van der Waals surface area contributed by atoms with Crippen LogP contribution in [0.2, 0.25) is 5.02 Å². The van der Waals surface area contributed by atoms with Crippen LogP contribution >= 0.6 is 11.6 Å². The Balaban J connectivity index is 2.66. The predicted octanol–water partition coefficient (Wildman–Crippen LogP) is 2.29. The lowest BCUT2D eigenvalue weighted by atomic mass is 10.1. The minimum absolute atomic E-state index is 0.132. The molecule has 0 saturated heterocycles. The molecule has 0 bridgehead atoms. The fraction of sp³-hybridized carbons (Fsp3) is 0.500. The molecule has 4 heteroatoms. The number of rotatable bonds is 3. The third-order valence-corrected chi connectivity index (χ3v) is 2.40. The molecule has 0 radical (unpaired) electrons. The molecule has 0 saturated carbocycles. The van der Waals surface area contributed by atoms with E-state index in [0.29, 0.717) is 11.4 Å². The first-order chi connectivity index (χ1) is 7.28. The van der Waals surface area contributed by atoms with Crippen molar-refractivity contribution < 1.29 is 10.2 Å². The van der Waals surface area contributed by atoms with Gasteiger partial charge in [0, 0.05) is 17.0 Å². The summed E-state index contributed by atoms with van der Waals surface area (Å²) in [5.74, 6) is 0.132. The molecule has 1 atom stereocenters. The van der Waals surface area contributed by atoms with E-state index in [1.165, 1.54) is 6.07 Å². The Kier molecular flexibility index (Phi) is 4.19. The van der Waals surface area contributed by atoms with Gasteiger partial charge in [-0.05, 0) is 38.5 Å². The second kappa shape index (κ2) is 5.04. The lowest BCUT2D eigenvalue weighted by molar-refractivity contribution is 0.106. The van der Waals surface area contributed by atoms with Crippen molar-refractivity contribution in [1.82, 2.24) is 5.32 Å². The molecule has 0 amide bonds. The van der Waals surface area contributed by atoms with Gasteiger partial charge in [-0.25, -0.2) is 0 Å². The van der Waals surface area contributed by atoms with E-state index in [1.54, 1.807) is 12.1 Å². The van der Waals surface area contributed by atoms with Crippen LogP contribution in [0.4, 0.5) is 0 Å². The highest BCUT2D eigenvalue weighted by Crippen LogP contribution is 2.22. The van der Waals surface area contributed by atoms with Gasteiger partial charge in [0.05, 0.1) is 0 Å². The molecule has 3 N–H and O–H groups in total. The van der Waals surface area contributed by atoms with Gasteiger partial charge in [0.1, 0.15) is 12.0 Å². The summed E-state index contributed by atoms with van der Waals surface area (Å²) in [5.41, 5.74) is 0.659. The van der Waals surface area contributed by atoms with Crippen LogP contribution in [0.1, 0.15) is 26.3 Å². The van der Waals surface area contributed by atoms with E-state index < -0.39 is 6.23 Å². The average molecular weight is 244 g/mol. The van der Waals surface area contributed by atoms with Gasteiger partial charge in [0.2, 0.25) is 0 Å². The predicted molar refractivity (Wildman–Crippen MR) is 65.7 cm³/mol. The number of nitrogens with one attached hydrogen (secondary N) is 1. The second-order valence-corrected chi connectivity index (χ2v) is 5.30. The number of phenols is 1. The van der Waals surface area contributed by atoms with Crippen LogP contribution < -0.4 is 5.32 Å². The second-order valence-electron chi connectivity index (χ2n) is 4.89. The number of aliphatic hydroxyl groups excluding tert-OH is 1. The molecule has 0 spiro atoms. The molecule has 90 valence electrons. The maximum absolute atomic E-state index is 9.80. The van der Waals surface area contributed by atoms with E-state index in [9.17, 15) is 10.2 Å². The van der Waals surface area contributed by atoms with Gasteiger partial charge >= 0.3 is 0 Å². The fourth-order valence-electron chi connectivity index (χ4n) is 1.46. The highest BCUT2D eigenvalue weighted by molar-refractivity contribution is 6.31. The smallest absolute Gasteiger partial charge is 0.117 e. The molecule has 1 aromatic rings. The van der Waals surface area contributed by atoms with Crippen molar-refractivity contribution in [1.29, 1.82) is 0 Å². The van der Waals surface area contributed by atoms with Crippen molar-refractivity contribution in [3.63, 3.8) is 0 Å². The van der Waals surface area contributed by atoms with E-state index in [1.807, 2.05) is 20.8 Å². The first-order valence-corrected chi connectivity index (χ1v) is 5.59. The van der Waals surface area contributed by atoms with E-state index in [-0.39, 0.29) is 11.3 Å². The van der Waals surface area contributed by atoms with Gasteiger partial charge < -0.3 is 10.2 Å². The molecule has 0 aromatic heterocycles. The number of aliphatic hydroxyl groups is 1. The standard InChI is InChI=1S/C12H18ClNO2/c1-12(2,3)14-11(16)6-8-4-5-9(15)7-10(8)13/h4-5,7,11,14-16H,6H2,1-3H3. The Morgan fingerprint density at radius 1 is 1.38 bits per heavy atom. The van der Waals surface area contributed by atoms with E-state index in [2.05, 4.69) is 5.32 Å². The van der Waals surface area contributed by atoms with Crippen molar-refractivity contribution >= 4 is 11.6 Å². The number of hydrogen-bond donors (Lipinski definition) is 3. The van der Waals surface area contributed by atoms with Crippen LogP contribution in [-0.4, -0.2) is 22.0 Å². The third-order valence-electron chi connectivity index (χ3n) is 2.05. The van der Waals surface area contributed by atoms with Crippen molar-refractivity contribution in [2.75, 3.05) is 0 Å². The summed E-state index contributed by atoms with van der Waals surface area (Å²) in [7, 11) is 0. The Bertz CT molecular complexity index is 361. The van der Waals surface area contributed by atoms with Crippen molar-refractivity contribution in [2.45, 2.75) is 39.0 Å². The summed E-state index contributed by atoms with van der Waals surface area (Å²) < 4.78 is 0. The van der Waals surface area contributed by atoms with E-state index in [4.69, 9.17) is 11.6 Å². The Morgan fingerprint density at radius 2 is 2.00 bits per heavy atom. The van der Waals surface area contributed by atoms with Crippen LogP contribution in [0, 0.1) is 0 Å². The summed E-state index contributed by atoms with van der Waals surface area (Å²) in [4.78, 5) is 0. The molecule has 1 rings (SSSR count). The van der Waals surface area contributed by atoms with Crippen LogP contribution in [-0.2, 0) is 6.42 Å². The summed E-state index contributed by atoms with van der Waals surface area (Å²) in [5, 5.41) is 22.5. The van der Waals surface area contributed by atoms with Gasteiger partial charge in [-0.2, -0.15) is 0 Å². The number of aromatic hydroxyl groups is 1. The lowest BCUT2D eigenvalue weighted by Crippen LogP contribution is -2.44. The lowest BCUT2D eigenvalue weighted by Gasteiger charge is -2.25. The fourth-order valence-corrected chi connectivity index (χ4v) is 1.71. The van der Waals surface area contributed by atoms with Crippen LogP contribution in [0.15, 0.2) is 18.2 Å². The van der Waals surface area contributed by atoms with Crippen molar-refractivity contribution in [2.24, 2.45) is 0 Å². The van der Waals surface area contributed by atoms with E-state index >= 15 is 0 Å². The number of halogens is 1. The maximum Gasteiger partial charge on any atom is 0.117 e. The number of phenolic OH excluding ortho intramolecular Hbond substituents is 1. The van der Waals surface area contributed by atoms with Crippen molar-refractivity contribution in [3.8, 4) is 5.75 Å². The molecule has 0 fully saturated rings. The first-order valence-electron chi connectivity index (χ1n) is 5.21. The molecule has 0 aliphatic heterocycles. The molecule has 1 aromatic carbocycles. The molecule has 3 nitrogen and oxygen atoms in total. The highest BCUT2D eigenvalue weighted by atomic mass is 35.5. The largest absolute Gasteiger partial charge is 0.508 e. The van der Waals surface area contributed by atoms with E-state index in [0.717, 1.165) is 5.56 Å². The minimum Gasteiger partial charge on any atom is -0.508 e. The Morgan fingerprint density at radius 3 is 2.50 bits per heavy atom. The third kappa shape index (κ3) is 4.39. The summed E-state index contributed by atoms with van der Waals surface area (Å²) >= 11 is 5.95. The quantitative estimate of drug-likeness (QED) is 0.714. The van der Waals surface area contributed by atoms with Gasteiger partial charge in [-0.3, -0.25) is 5.32 Å². The number of hydrogen-bond acceptors (Lipinski definition) is 3. The molecular formula is C12H18ClNO2. The highest BCUT2D eigenvalue weighted by Gasteiger charge is 2.16. The topological polar surface area (TPSA) is 52.5 Å². The monoisotopic (exact) mass is 243 g/mol. The summed E-state index contributed by atoms with van der Waals surface area (Å²) in [6.45, 7) is 5.94. The molecule has 0 aliphatic carbocycles. The average Bonchev–Trinajstić information content (AvgIpc) is 2.06. The molecule has 0 aliphatic rings. The molecular weight excluding hydrogens is 226 g/mol. The van der Waals surface area contributed by atoms with Crippen molar-refractivity contribution in [3.05, 3.63) is 28.8 Å². The minimum atomic E-state index is -0.651. The molecule has 16 heavy (non-hydrogen) atoms. The normalized spacial score (nSPS) is 13.8. The Hall–Kier alpha value is -0.770. The Labute approximate surface area is 101 Å². The zero-order valence-corrected chi connectivity index (χ0v) is 10.5. The maximum atomic E-state index is 9.80. The van der Waals surface area contributed by atoms with Crippen LogP contribution in [0.5, 0.6) is 5.75 Å². The zero-order chi connectivity index (χ0) is 12.3. The molecule has 1 unspecified atom stereocenters. The van der Waals surface area contributed by atoms with Crippen LogP contribution in [0.25, 0.3) is 0 Å². The number of benzene rings is 1. The SMILES string of the molecule is CC(C)(C)NC(O)Cc1ccc(O)cc1Cl. The summed E-state index contributed by atoms with van der Waals surface area (Å²) in [6, 6.07) is 4.75. The van der Waals surface area contributed by atoms with Gasteiger partial charge in [0.15, 0.2) is 0 Å². The van der Waals surface area contributed by atoms with Gasteiger partial charge in [0.25, 0.3) is 0 Å². The van der Waals surface area contributed by atoms with Gasteiger partial charge in [-0.15, -0.1) is 0 Å². The zero-order valence-electron chi connectivity index (χ0n) is 9.79.